The summed E-state index contributed by atoms with van der Waals surface area (Å²) in [5, 5.41) is 8.83. The Labute approximate surface area is 181 Å². The van der Waals surface area contributed by atoms with Crippen molar-refractivity contribution in [1.29, 1.82) is 5.26 Å². The van der Waals surface area contributed by atoms with Crippen molar-refractivity contribution in [3.8, 4) is 17.6 Å². The number of rotatable bonds is 11. The van der Waals surface area contributed by atoms with Crippen LogP contribution in [0.1, 0.15) is 32.6 Å². The summed E-state index contributed by atoms with van der Waals surface area (Å²) in [6, 6.07) is 6.11. The quantitative estimate of drug-likeness (QED) is 0.218. The molecule has 0 spiro atoms. The fraction of sp³-hybridized carbons (Fsp3) is 0.450. The lowest BCUT2D eigenvalue weighted by molar-refractivity contribution is -0.147. The Kier molecular flexibility index (Phi) is 8.84. The van der Waals surface area contributed by atoms with Gasteiger partial charge in [0.15, 0.2) is 18.1 Å². The van der Waals surface area contributed by atoms with E-state index in [1.807, 2.05) is 0 Å². The molecule has 1 aromatic rings. The number of carbonyl (C=O) groups is 2. The van der Waals surface area contributed by atoms with E-state index in [1.54, 1.807) is 12.1 Å². The Hall–Kier alpha value is -3.10. The van der Waals surface area contributed by atoms with Crippen LogP contribution in [0.4, 0.5) is 0 Å². The molecule has 1 aromatic carbocycles. The number of nitrogens with zero attached hydrogens (tertiary/aromatic N) is 1. The van der Waals surface area contributed by atoms with Gasteiger partial charge in [-0.25, -0.2) is 13.1 Å². The van der Waals surface area contributed by atoms with Crippen LogP contribution in [0.15, 0.2) is 34.4 Å². The lowest BCUT2D eigenvalue weighted by Gasteiger charge is -2.18. The number of carbonyl (C=O) groups excluding carboxylic acids is 2. The fourth-order valence-corrected chi connectivity index (χ4v) is 3.80. The van der Waals surface area contributed by atoms with E-state index in [2.05, 4.69) is 4.72 Å². The second kappa shape index (κ2) is 11.3. The molecule has 3 N–H and O–H groups in total. The van der Waals surface area contributed by atoms with Gasteiger partial charge in [-0.3, -0.25) is 9.59 Å². The number of allylic oxidation sites excluding steroid dienone is 1. The minimum Gasteiger partial charge on any atom is -0.486 e. The van der Waals surface area contributed by atoms with Gasteiger partial charge in [0.25, 0.3) is 0 Å². The molecular formula is C20H25N3O7S. The first kappa shape index (κ1) is 24.2. The van der Waals surface area contributed by atoms with Crippen molar-refractivity contribution in [3.63, 3.8) is 0 Å². The molecule has 1 aliphatic rings. The third kappa shape index (κ3) is 7.27. The number of benzene rings is 1. The first-order chi connectivity index (χ1) is 14.7. The lowest BCUT2D eigenvalue weighted by Crippen LogP contribution is -2.25. The molecule has 31 heavy (non-hydrogen) atoms. The molecular weight excluding hydrogens is 426 g/mol. The summed E-state index contributed by atoms with van der Waals surface area (Å²) in [6.45, 7) is 1.87. The maximum absolute atomic E-state index is 12.4. The molecule has 1 aliphatic heterocycles. The van der Waals surface area contributed by atoms with Crippen LogP contribution in [0.3, 0.4) is 0 Å². The van der Waals surface area contributed by atoms with Gasteiger partial charge < -0.3 is 19.9 Å². The van der Waals surface area contributed by atoms with Gasteiger partial charge in [0, 0.05) is 24.7 Å². The Morgan fingerprint density at radius 3 is 2.58 bits per heavy atom. The third-order valence-electron chi connectivity index (χ3n) is 4.32. The number of ether oxygens (including phenoxy) is 3. The number of hydrogen-bond acceptors (Lipinski definition) is 9. The lowest BCUT2D eigenvalue weighted by atomic mass is 10.1. The second-order valence-electron chi connectivity index (χ2n) is 6.77. The Morgan fingerprint density at radius 1 is 1.19 bits per heavy atom. The molecule has 1 heterocycles. The van der Waals surface area contributed by atoms with Crippen LogP contribution < -0.4 is 19.9 Å². The third-order valence-corrected chi connectivity index (χ3v) is 5.78. The fourth-order valence-electron chi connectivity index (χ4n) is 2.71. The molecule has 0 fully saturated rings. The number of ketones is 1. The first-order valence-corrected chi connectivity index (χ1v) is 11.2. The number of Topliss-reactive ketones (excluding diaryl/α,β-unsaturated/α-hetero) is 1. The van der Waals surface area contributed by atoms with Crippen molar-refractivity contribution < 1.29 is 32.2 Å². The Morgan fingerprint density at radius 2 is 1.90 bits per heavy atom. The molecule has 11 heteroatoms. The molecule has 0 bridgehead atoms. The minimum atomic E-state index is -3.69. The zero-order chi connectivity index (χ0) is 22.9. The maximum Gasteiger partial charge on any atom is 0.306 e. The summed E-state index contributed by atoms with van der Waals surface area (Å²) in [5.41, 5.74) is 5.26. The van der Waals surface area contributed by atoms with Gasteiger partial charge in [-0.1, -0.05) is 6.42 Å². The molecule has 168 valence electrons. The zero-order valence-corrected chi connectivity index (χ0v) is 18.0. The van der Waals surface area contributed by atoms with Crippen molar-refractivity contribution in [2.24, 2.45) is 5.73 Å². The Balaban J connectivity index is 1.67. The molecule has 0 saturated carbocycles. The highest BCUT2D eigenvalue weighted by atomic mass is 32.2. The molecule has 0 aliphatic carbocycles. The monoisotopic (exact) mass is 451 g/mol. The number of nitriles is 1. The van der Waals surface area contributed by atoms with Crippen molar-refractivity contribution >= 4 is 21.8 Å². The topological polar surface area (TPSA) is 158 Å². The first-order valence-electron chi connectivity index (χ1n) is 9.69. The number of nitrogens with two attached hydrogens (primary N) is 1. The number of hydrogen-bond donors (Lipinski definition) is 2. The van der Waals surface area contributed by atoms with Crippen LogP contribution in [0, 0.1) is 11.3 Å². The van der Waals surface area contributed by atoms with E-state index in [9.17, 15) is 18.0 Å². The number of fused-ring (bicyclic) bond motifs is 1. The van der Waals surface area contributed by atoms with Gasteiger partial charge in [0.2, 0.25) is 15.8 Å². The van der Waals surface area contributed by atoms with Crippen LogP contribution in [0.5, 0.6) is 11.5 Å². The molecule has 0 saturated heterocycles. The van der Waals surface area contributed by atoms with E-state index < -0.39 is 28.4 Å². The summed E-state index contributed by atoms with van der Waals surface area (Å²) in [6.07, 6.45) is 1.65. The van der Waals surface area contributed by atoms with E-state index in [0.29, 0.717) is 44.0 Å². The van der Waals surface area contributed by atoms with E-state index in [0.717, 1.165) is 0 Å². The van der Waals surface area contributed by atoms with E-state index in [4.69, 9.17) is 25.2 Å². The molecule has 2 rings (SSSR count). The van der Waals surface area contributed by atoms with Gasteiger partial charge in [-0.05, 0) is 31.9 Å². The summed E-state index contributed by atoms with van der Waals surface area (Å²) in [4.78, 5) is 23.5. The number of unbranched alkanes of at least 4 members (excludes halogenated alkanes) is 2. The number of nitrogens with one attached hydrogen (secondary N) is 1. The Bertz CT molecular complexity index is 993. The van der Waals surface area contributed by atoms with Gasteiger partial charge in [-0.15, -0.1) is 0 Å². The van der Waals surface area contributed by atoms with Crippen LogP contribution in [0.25, 0.3) is 0 Å². The van der Waals surface area contributed by atoms with Gasteiger partial charge in [-0.2, -0.15) is 5.26 Å². The number of sulfonamides is 1. The summed E-state index contributed by atoms with van der Waals surface area (Å²) in [7, 11) is -3.69. The number of esters is 1. The van der Waals surface area contributed by atoms with Crippen LogP contribution in [-0.2, 0) is 24.3 Å². The molecule has 0 amide bonds. The average molecular weight is 452 g/mol. The average Bonchev–Trinajstić information content (AvgIpc) is 2.74. The zero-order valence-electron chi connectivity index (χ0n) is 17.2. The largest absolute Gasteiger partial charge is 0.486 e. The molecule has 10 nitrogen and oxygen atoms in total. The minimum absolute atomic E-state index is 0.0715. The smallest absolute Gasteiger partial charge is 0.306 e. The highest BCUT2D eigenvalue weighted by Gasteiger charge is 2.19. The second-order valence-corrected chi connectivity index (χ2v) is 8.53. The maximum atomic E-state index is 12.4. The van der Waals surface area contributed by atoms with Crippen molar-refractivity contribution in [3.05, 3.63) is 29.5 Å². The normalized spacial score (nSPS) is 13.7. The summed E-state index contributed by atoms with van der Waals surface area (Å²) >= 11 is 0. The highest BCUT2D eigenvalue weighted by molar-refractivity contribution is 7.89. The van der Waals surface area contributed by atoms with Crippen molar-refractivity contribution in [1.82, 2.24) is 4.72 Å². The standard InChI is InChI=1S/C20H25N3O7S/c1-14(22)16(12-21)17(24)13-30-20(25)5-3-2-4-8-23-31(26,27)15-6-7-18-19(11-15)29-10-9-28-18/h6-7,11,23H,2-5,8-10,13,22H2,1H3. The summed E-state index contributed by atoms with van der Waals surface area (Å²) < 4.78 is 42.9. The van der Waals surface area contributed by atoms with E-state index in [1.165, 1.54) is 19.1 Å². The molecule has 0 aromatic heterocycles. The predicted molar refractivity (Wildman–Crippen MR) is 110 cm³/mol. The van der Waals surface area contributed by atoms with Crippen molar-refractivity contribution in [2.75, 3.05) is 26.4 Å². The van der Waals surface area contributed by atoms with E-state index in [-0.39, 0.29) is 29.1 Å². The highest BCUT2D eigenvalue weighted by Crippen LogP contribution is 2.32. The molecule has 0 unspecified atom stereocenters. The molecule has 0 radical (unpaired) electrons. The van der Waals surface area contributed by atoms with Crippen LogP contribution in [0.2, 0.25) is 0 Å². The van der Waals surface area contributed by atoms with Crippen molar-refractivity contribution in [2.45, 2.75) is 37.5 Å². The van der Waals surface area contributed by atoms with Gasteiger partial charge >= 0.3 is 5.97 Å². The van der Waals surface area contributed by atoms with Gasteiger partial charge in [0.1, 0.15) is 24.9 Å². The SMILES string of the molecule is CC(N)=C(C#N)C(=O)COC(=O)CCCCCNS(=O)(=O)c1ccc2c(c1)OCCO2. The molecule has 0 atom stereocenters. The van der Waals surface area contributed by atoms with Crippen LogP contribution in [-0.4, -0.2) is 46.5 Å². The predicted octanol–water partition coefficient (Wildman–Crippen LogP) is 1.17. The summed E-state index contributed by atoms with van der Waals surface area (Å²) in [5.74, 6) is -0.316. The van der Waals surface area contributed by atoms with Crippen LogP contribution >= 0.6 is 0 Å². The van der Waals surface area contributed by atoms with E-state index >= 15 is 0 Å². The van der Waals surface area contributed by atoms with Gasteiger partial charge in [0.05, 0.1) is 4.90 Å².